The van der Waals surface area contributed by atoms with E-state index in [1.807, 2.05) is 0 Å². The molecule has 2 unspecified atom stereocenters. The maximum Gasteiger partial charge on any atom is 0.407 e. The molecule has 0 aliphatic carbocycles. The lowest BCUT2D eigenvalue weighted by atomic mass is 10.0. The number of ether oxygens (including phenoxy) is 1. The maximum atomic E-state index is 13.5. The summed E-state index contributed by atoms with van der Waals surface area (Å²) in [5, 5.41) is 22.0. The zero-order valence-corrected chi connectivity index (χ0v) is 12.8. The molecule has 0 bridgehead atoms. The summed E-state index contributed by atoms with van der Waals surface area (Å²) < 4.78 is 32.0. The summed E-state index contributed by atoms with van der Waals surface area (Å²) in [5.74, 6) is -1.88. The first-order valence-corrected chi connectivity index (χ1v) is 6.88. The summed E-state index contributed by atoms with van der Waals surface area (Å²) in [7, 11) is 0. The molecule has 7 heteroatoms. The third-order valence-electron chi connectivity index (χ3n) is 2.77. The van der Waals surface area contributed by atoms with Gasteiger partial charge in [0.05, 0.1) is 11.7 Å². The minimum Gasteiger partial charge on any atom is -0.444 e. The van der Waals surface area contributed by atoms with Crippen LogP contribution in [0, 0.1) is 11.6 Å². The van der Waals surface area contributed by atoms with Crippen molar-refractivity contribution in [1.29, 1.82) is 0 Å². The minimum atomic E-state index is -1.72. The van der Waals surface area contributed by atoms with Gasteiger partial charge in [-0.1, -0.05) is 6.07 Å². The summed E-state index contributed by atoms with van der Waals surface area (Å²) >= 11 is 0. The first-order chi connectivity index (χ1) is 10.1. The molecule has 5 nitrogen and oxygen atoms in total. The van der Waals surface area contributed by atoms with Crippen molar-refractivity contribution < 1.29 is 28.5 Å². The van der Waals surface area contributed by atoms with Gasteiger partial charge in [-0.3, -0.25) is 0 Å². The van der Waals surface area contributed by atoms with Crippen LogP contribution in [0.5, 0.6) is 0 Å². The highest BCUT2D eigenvalue weighted by Crippen LogP contribution is 2.24. The van der Waals surface area contributed by atoms with Crippen molar-refractivity contribution in [2.75, 3.05) is 6.54 Å². The Hall–Kier alpha value is -1.73. The smallest absolute Gasteiger partial charge is 0.407 e. The van der Waals surface area contributed by atoms with E-state index in [4.69, 9.17) is 4.74 Å². The van der Waals surface area contributed by atoms with Crippen molar-refractivity contribution in [1.82, 2.24) is 5.32 Å². The van der Waals surface area contributed by atoms with E-state index in [-0.39, 0.29) is 13.0 Å². The number of aliphatic hydroxyl groups excluding tert-OH is 2. The molecule has 0 aromatic heterocycles. The van der Waals surface area contributed by atoms with Crippen molar-refractivity contribution >= 4 is 6.09 Å². The van der Waals surface area contributed by atoms with Crippen LogP contribution in [0.4, 0.5) is 13.6 Å². The molecular formula is C15H21F2NO4. The summed E-state index contributed by atoms with van der Waals surface area (Å²) in [6.45, 7) is 5.09. The molecule has 0 fully saturated rings. The predicted octanol–water partition coefficient (Wildman–Crippen LogP) is 2.27. The number of nitrogens with one attached hydrogen (secondary N) is 1. The van der Waals surface area contributed by atoms with E-state index in [0.29, 0.717) is 0 Å². The van der Waals surface area contributed by atoms with Gasteiger partial charge in [0.1, 0.15) is 23.3 Å². The number of rotatable bonds is 5. The van der Waals surface area contributed by atoms with Crippen molar-refractivity contribution in [2.45, 2.75) is 45.0 Å². The van der Waals surface area contributed by atoms with Gasteiger partial charge in [0.15, 0.2) is 0 Å². The molecule has 0 heterocycles. The third-order valence-corrected chi connectivity index (χ3v) is 2.77. The lowest BCUT2D eigenvalue weighted by Crippen LogP contribution is -2.34. The van der Waals surface area contributed by atoms with Gasteiger partial charge < -0.3 is 20.3 Å². The van der Waals surface area contributed by atoms with E-state index in [1.54, 1.807) is 20.8 Å². The number of amides is 1. The molecule has 0 aliphatic rings. The van der Waals surface area contributed by atoms with Crippen LogP contribution in [0.2, 0.25) is 0 Å². The average molecular weight is 317 g/mol. The van der Waals surface area contributed by atoms with Crippen LogP contribution >= 0.6 is 0 Å². The number of hydrogen-bond donors (Lipinski definition) is 3. The average Bonchev–Trinajstić information content (AvgIpc) is 2.35. The molecule has 0 saturated heterocycles. The van der Waals surface area contributed by atoms with Gasteiger partial charge in [-0.2, -0.15) is 0 Å². The highest BCUT2D eigenvalue weighted by atomic mass is 19.1. The van der Waals surface area contributed by atoms with Crippen molar-refractivity contribution in [2.24, 2.45) is 0 Å². The Morgan fingerprint density at radius 1 is 1.27 bits per heavy atom. The van der Waals surface area contributed by atoms with Crippen LogP contribution in [-0.2, 0) is 4.74 Å². The molecule has 124 valence electrons. The first-order valence-electron chi connectivity index (χ1n) is 6.88. The van der Waals surface area contributed by atoms with Crippen molar-refractivity contribution in [3.63, 3.8) is 0 Å². The summed E-state index contributed by atoms with van der Waals surface area (Å²) in [4.78, 5) is 11.4. The van der Waals surface area contributed by atoms with E-state index in [1.165, 1.54) is 0 Å². The van der Waals surface area contributed by atoms with Crippen LogP contribution in [-0.4, -0.2) is 34.6 Å². The molecule has 0 saturated carbocycles. The monoisotopic (exact) mass is 317 g/mol. The molecule has 3 N–H and O–H groups in total. The number of benzene rings is 1. The van der Waals surface area contributed by atoms with E-state index < -0.39 is 41.1 Å². The molecule has 0 aliphatic heterocycles. The number of hydrogen-bond acceptors (Lipinski definition) is 4. The molecule has 1 aromatic carbocycles. The Bertz CT molecular complexity index is 497. The number of aliphatic hydroxyl groups is 2. The second-order valence-corrected chi connectivity index (χ2v) is 5.86. The second kappa shape index (κ2) is 7.51. The fourth-order valence-electron chi connectivity index (χ4n) is 1.78. The summed E-state index contributed by atoms with van der Waals surface area (Å²) in [6.07, 6.45) is -3.91. The van der Waals surface area contributed by atoms with Crippen LogP contribution < -0.4 is 5.32 Å². The van der Waals surface area contributed by atoms with Gasteiger partial charge in [0, 0.05) is 6.54 Å². The SMILES string of the molecule is CC(C)(C)OC(=O)NCCC(O)C(O)c1c(F)cccc1F. The fraction of sp³-hybridized carbons (Fsp3) is 0.533. The molecule has 1 aromatic rings. The predicted molar refractivity (Wildman–Crippen MR) is 76.2 cm³/mol. The van der Waals surface area contributed by atoms with E-state index in [2.05, 4.69) is 5.32 Å². The van der Waals surface area contributed by atoms with Crippen LogP contribution in [0.3, 0.4) is 0 Å². The fourth-order valence-corrected chi connectivity index (χ4v) is 1.78. The first kappa shape index (κ1) is 18.3. The molecule has 1 amide bonds. The van der Waals surface area contributed by atoms with Crippen LogP contribution in [0.25, 0.3) is 0 Å². The van der Waals surface area contributed by atoms with E-state index >= 15 is 0 Å². The van der Waals surface area contributed by atoms with Crippen LogP contribution in [0.15, 0.2) is 18.2 Å². The van der Waals surface area contributed by atoms with Gasteiger partial charge in [-0.25, -0.2) is 13.6 Å². The van der Waals surface area contributed by atoms with E-state index in [0.717, 1.165) is 18.2 Å². The minimum absolute atomic E-state index is 0.0107. The lowest BCUT2D eigenvalue weighted by molar-refractivity contribution is 0.00829. The number of halogens is 2. The van der Waals surface area contributed by atoms with Gasteiger partial charge in [-0.15, -0.1) is 0 Å². The van der Waals surface area contributed by atoms with Crippen molar-refractivity contribution in [3.05, 3.63) is 35.4 Å². The molecule has 0 radical (unpaired) electrons. The van der Waals surface area contributed by atoms with Gasteiger partial charge in [0.2, 0.25) is 0 Å². The number of carbonyl (C=O) groups excluding carboxylic acids is 1. The van der Waals surface area contributed by atoms with E-state index in [9.17, 15) is 23.8 Å². The quantitative estimate of drug-likeness (QED) is 0.778. The zero-order chi connectivity index (χ0) is 16.9. The summed E-state index contributed by atoms with van der Waals surface area (Å²) in [5.41, 5.74) is -1.24. The summed E-state index contributed by atoms with van der Waals surface area (Å²) in [6, 6.07) is 3.15. The molecular weight excluding hydrogens is 296 g/mol. The standard InChI is InChI=1S/C15H21F2NO4/c1-15(2,3)22-14(21)18-8-7-11(19)13(20)12-9(16)5-4-6-10(12)17/h4-6,11,13,19-20H,7-8H2,1-3H3,(H,18,21). The van der Waals surface area contributed by atoms with Crippen LogP contribution in [0.1, 0.15) is 38.9 Å². The third kappa shape index (κ3) is 5.57. The Morgan fingerprint density at radius 3 is 2.32 bits per heavy atom. The second-order valence-electron chi connectivity index (χ2n) is 5.86. The largest absolute Gasteiger partial charge is 0.444 e. The normalized spacial score (nSPS) is 14.3. The molecule has 22 heavy (non-hydrogen) atoms. The Labute approximate surface area is 127 Å². The van der Waals surface area contributed by atoms with Gasteiger partial charge in [0.25, 0.3) is 0 Å². The lowest BCUT2D eigenvalue weighted by Gasteiger charge is -2.21. The molecule has 0 spiro atoms. The highest BCUT2D eigenvalue weighted by Gasteiger charge is 2.25. The number of carbonyl (C=O) groups is 1. The Kier molecular flexibility index (Phi) is 6.25. The highest BCUT2D eigenvalue weighted by molar-refractivity contribution is 5.67. The topological polar surface area (TPSA) is 78.8 Å². The van der Waals surface area contributed by atoms with Gasteiger partial charge in [-0.05, 0) is 39.3 Å². The molecule has 1 rings (SSSR count). The number of alkyl carbamates (subject to hydrolysis) is 1. The van der Waals surface area contributed by atoms with Crippen molar-refractivity contribution in [3.8, 4) is 0 Å². The maximum absolute atomic E-state index is 13.5. The van der Waals surface area contributed by atoms with Gasteiger partial charge >= 0.3 is 6.09 Å². The molecule has 2 atom stereocenters. The Morgan fingerprint density at radius 2 is 1.82 bits per heavy atom. The Balaban J connectivity index is 2.52. The zero-order valence-electron chi connectivity index (χ0n) is 12.8.